The third kappa shape index (κ3) is 4.33. The molecule has 1 rings (SSSR count). The molecule has 0 radical (unpaired) electrons. The Balaban J connectivity index is 3.20. The van der Waals surface area contributed by atoms with Gasteiger partial charge >= 0.3 is 14.7 Å². The largest absolute Gasteiger partial charge is 0.429 e. The lowest BCUT2D eigenvalue weighted by molar-refractivity contribution is -0.136. The van der Waals surface area contributed by atoms with E-state index in [1.165, 1.54) is 0 Å². The maximum Gasteiger partial charge on any atom is 0.389 e. The Kier molecular flexibility index (Phi) is 5.74. The molecule has 1 aliphatic heterocycles. The molecule has 1 saturated heterocycles. The minimum absolute atomic E-state index is 0.514. The topological polar surface area (TPSA) is 58.9 Å². The van der Waals surface area contributed by atoms with Crippen molar-refractivity contribution in [1.29, 1.82) is 0 Å². The molecule has 4 nitrogen and oxygen atoms in total. The molecule has 1 heterocycles. The first-order chi connectivity index (χ1) is 10.3. The van der Waals surface area contributed by atoms with Crippen molar-refractivity contribution in [2.24, 2.45) is 0 Å². The molecule has 4 unspecified atom stereocenters. The van der Waals surface area contributed by atoms with Gasteiger partial charge in [-0.2, -0.15) is 13.2 Å². The van der Waals surface area contributed by atoms with Crippen LogP contribution in [0.1, 0.15) is 33.6 Å². The van der Waals surface area contributed by atoms with Crippen molar-refractivity contribution in [3.05, 3.63) is 0 Å². The number of halogens is 3. The summed E-state index contributed by atoms with van der Waals surface area (Å²) >= 11 is 0. The molecule has 0 aliphatic carbocycles. The standard InChI is InChI=1S/C14H31F3O4Si3/c1-9-12(2,22(4,5)18)20-24(8)11(10-14(15,16)17)13(24,3)21-23(6,7)19/h11,18-19H,9-10H2,1-8H3. The Hall–Kier alpha value is 0.281. The average molecular weight is 405 g/mol. The maximum atomic E-state index is 13.0. The third-order valence-corrected chi connectivity index (χ3v) is 15.0. The molecule has 0 aromatic carbocycles. The Labute approximate surface area is 145 Å². The van der Waals surface area contributed by atoms with Crippen LogP contribution in [0.3, 0.4) is 0 Å². The van der Waals surface area contributed by atoms with Crippen molar-refractivity contribution < 1.29 is 31.6 Å². The van der Waals surface area contributed by atoms with Crippen molar-refractivity contribution in [1.82, 2.24) is 0 Å². The summed E-state index contributed by atoms with van der Waals surface area (Å²) in [5, 5.41) is -1.94. The summed E-state index contributed by atoms with van der Waals surface area (Å²) < 4.78 is 51.2. The van der Waals surface area contributed by atoms with Crippen molar-refractivity contribution in [3.63, 3.8) is 0 Å². The van der Waals surface area contributed by atoms with Gasteiger partial charge in [0, 0.05) is 12.0 Å². The van der Waals surface area contributed by atoms with Crippen LogP contribution in [0.2, 0.25) is 38.3 Å². The Morgan fingerprint density at radius 1 is 1.17 bits per heavy atom. The second-order valence-corrected chi connectivity index (χ2v) is 19.8. The summed E-state index contributed by atoms with van der Waals surface area (Å²) in [6.07, 6.45) is -4.79. The van der Waals surface area contributed by atoms with E-state index in [1.54, 1.807) is 46.6 Å². The average Bonchev–Trinajstić information content (AvgIpc) is 2.69. The van der Waals surface area contributed by atoms with Crippen LogP contribution in [0, 0.1) is 0 Å². The van der Waals surface area contributed by atoms with Crippen LogP contribution in [-0.4, -0.2) is 51.4 Å². The molecule has 1 aliphatic rings. The molecule has 0 bridgehead atoms. The van der Waals surface area contributed by atoms with E-state index in [1.807, 2.05) is 6.92 Å². The highest BCUT2D eigenvalue weighted by Crippen LogP contribution is 2.66. The lowest BCUT2D eigenvalue weighted by atomic mass is 10.2. The molecule has 0 amide bonds. The van der Waals surface area contributed by atoms with Gasteiger partial charge in [-0.1, -0.05) is 6.92 Å². The first kappa shape index (κ1) is 22.3. The Bertz CT molecular complexity index is 477. The number of alkyl halides is 3. The second-order valence-electron chi connectivity index (χ2n) is 8.38. The van der Waals surface area contributed by atoms with E-state index in [4.69, 9.17) is 8.85 Å². The summed E-state index contributed by atoms with van der Waals surface area (Å²) in [5.74, 6) is 0. The normalized spacial score (nSPS) is 34.1. The molecular weight excluding hydrogens is 373 g/mol. The number of rotatable bonds is 7. The molecule has 24 heavy (non-hydrogen) atoms. The first-order valence-corrected chi connectivity index (χ1v) is 16.5. The zero-order valence-electron chi connectivity index (χ0n) is 15.8. The van der Waals surface area contributed by atoms with Gasteiger partial charge < -0.3 is 18.4 Å². The van der Waals surface area contributed by atoms with E-state index in [0.717, 1.165) is 0 Å². The SMILES string of the molecule is CCC(C)(O[Si]1(C)C(CC(F)(F)F)C1(C)O[Si](C)(C)O)[Si](C)(C)O. The van der Waals surface area contributed by atoms with Gasteiger partial charge in [0.25, 0.3) is 0 Å². The van der Waals surface area contributed by atoms with Gasteiger partial charge in [0.05, 0.1) is 10.4 Å². The molecule has 0 spiro atoms. The highest BCUT2D eigenvalue weighted by atomic mass is 28.4. The second kappa shape index (κ2) is 6.17. The van der Waals surface area contributed by atoms with E-state index in [0.29, 0.717) is 6.42 Å². The van der Waals surface area contributed by atoms with Crippen molar-refractivity contribution in [2.75, 3.05) is 0 Å². The fraction of sp³-hybridized carbons (Fsp3) is 1.00. The van der Waals surface area contributed by atoms with Crippen LogP contribution in [0.4, 0.5) is 13.2 Å². The van der Waals surface area contributed by atoms with Gasteiger partial charge in [0.1, 0.15) is 0 Å². The van der Waals surface area contributed by atoms with E-state index in [-0.39, 0.29) is 0 Å². The lowest BCUT2D eigenvalue weighted by Crippen LogP contribution is -2.58. The Morgan fingerprint density at radius 3 is 1.92 bits per heavy atom. The molecule has 1 fully saturated rings. The van der Waals surface area contributed by atoms with Crippen LogP contribution in [-0.2, 0) is 8.85 Å². The van der Waals surface area contributed by atoms with Gasteiger partial charge in [-0.15, -0.1) is 0 Å². The Morgan fingerprint density at radius 2 is 1.62 bits per heavy atom. The molecule has 4 atom stereocenters. The smallest absolute Gasteiger partial charge is 0.389 e. The fourth-order valence-electron chi connectivity index (χ4n) is 3.42. The number of hydrogen-bond acceptors (Lipinski definition) is 4. The molecule has 0 aromatic heterocycles. The van der Waals surface area contributed by atoms with Crippen LogP contribution < -0.4 is 0 Å². The summed E-state index contributed by atoms with van der Waals surface area (Å²) in [6, 6.07) is 0. The highest BCUT2D eigenvalue weighted by Gasteiger charge is 2.80. The summed E-state index contributed by atoms with van der Waals surface area (Å²) in [6.45, 7) is 13.6. The van der Waals surface area contributed by atoms with Crippen LogP contribution in [0.25, 0.3) is 0 Å². The summed E-state index contributed by atoms with van der Waals surface area (Å²) in [5.41, 5.74) is -0.786. The van der Waals surface area contributed by atoms with Gasteiger partial charge in [-0.3, -0.25) is 0 Å². The van der Waals surface area contributed by atoms with E-state index in [2.05, 4.69) is 0 Å². The van der Waals surface area contributed by atoms with Crippen molar-refractivity contribution >= 4 is 25.2 Å². The van der Waals surface area contributed by atoms with Gasteiger partial charge in [-0.25, -0.2) is 0 Å². The molecule has 10 heteroatoms. The molecule has 0 saturated carbocycles. The van der Waals surface area contributed by atoms with Crippen LogP contribution in [0.5, 0.6) is 0 Å². The van der Waals surface area contributed by atoms with Gasteiger partial charge in [0.2, 0.25) is 16.6 Å². The molecule has 0 aromatic rings. The summed E-state index contributed by atoms with van der Waals surface area (Å²) in [4.78, 5) is 20.7. The van der Waals surface area contributed by atoms with Gasteiger partial charge in [0.15, 0.2) is 0 Å². The highest BCUT2D eigenvalue weighted by molar-refractivity contribution is 6.90. The van der Waals surface area contributed by atoms with E-state index >= 15 is 0 Å². The zero-order valence-corrected chi connectivity index (χ0v) is 18.8. The monoisotopic (exact) mass is 404 g/mol. The zero-order chi connectivity index (χ0) is 19.4. The minimum Gasteiger partial charge on any atom is -0.429 e. The predicted molar refractivity (Wildman–Crippen MR) is 94.7 cm³/mol. The van der Waals surface area contributed by atoms with Crippen molar-refractivity contribution in [2.45, 2.75) is 88.5 Å². The quantitative estimate of drug-likeness (QED) is 0.633. The third-order valence-electron chi connectivity index (χ3n) is 5.54. The maximum absolute atomic E-state index is 13.0. The fourth-order valence-corrected chi connectivity index (χ4v) is 13.3. The van der Waals surface area contributed by atoms with Crippen LogP contribution in [0.15, 0.2) is 0 Å². The van der Waals surface area contributed by atoms with Crippen LogP contribution >= 0.6 is 0 Å². The summed E-state index contributed by atoms with van der Waals surface area (Å²) in [7, 11) is -8.77. The molecule has 2 N–H and O–H groups in total. The molecular formula is C14H31F3O4Si3. The lowest BCUT2D eigenvalue weighted by Gasteiger charge is -2.41. The van der Waals surface area contributed by atoms with Crippen molar-refractivity contribution in [3.8, 4) is 0 Å². The van der Waals surface area contributed by atoms with E-state index < -0.39 is 53.8 Å². The predicted octanol–water partition coefficient (Wildman–Crippen LogP) is 3.83. The minimum atomic E-state index is -4.32. The van der Waals surface area contributed by atoms with Gasteiger partial charge in [-0.05, 0) is 53.0 Å². The first-order valence-electron chi connectivity index (χ1n) is 8.23. The number of hydrogen-bond donors (Lipinski definition) is 2. The molecule has 144 valence electrons. The van der Waals surface area contributed by atoms with E-state index in [9.17, 15) is 22.8 Å².